The van der Waals surface area contributed by atoms with Gasteiger partial charge in [-0.05, 0) is 12.1 Å². The number of fused-ring (bicyclic) bond motifs is 1. The molecule has 2 heterocycles. The van der Waals surface area contributed by atoms with Gasteiger partial charge in [-0.3, -0.25) is 0 Å². The van der Waals surface area contributed by atoms with Crippen molar-refractivity contribution in [3.8, 4) is 23.2 Å². The molecule has 0 amide bonds. The zero-order chi connectivity index (χ0) is 14.8. The molecular formula is C15H11N5O. The van der Waals surface area contributed by atoms with Gasteiger partial charge in [0.1, 0.15) is 6.07 Å². The number of nitriles is 1. The minimum Gasteiger partial charge on any atom is -0.481 e. The third-order valence-electron chi connectivity index (χ3n) is 3.03. The first kappa shape index (κ1) is 12.8. The highest BCUT2D eigenvalue weighted by Gasteiger charge is 2.12. The molecule has 102 valence electrons. The fourth-order valence-corrected chi connectivity index (χ4v) is 2.08. The standard InChI is InChI=1S/C15H11N5O/c1-21-14-7-12(19-15(17)20-14)10-6-9-4-2-3-5-11(9)18-13(10)8-16/h2-7H,1H3,(H2,17,19,20). The van der Waals surface area contributed by atoms with E-state index in [1.165, 1.54) is 7.11 Å². The van der Waals surface area contributed by atoms with Gasteiger partial charge >= 0.3 is 0 Å². The Bertz CT molecular complexity index is 870. The van der Waals surface area contributed by atoms with E-state index in [0.29, 0.717) is 17.1 Å². The molecule has 0 bridgehead atoms. The Morgan fingerprint density at radius 3 is 2.71 bits per heavy atom. The van der Waals surface area contributed by atoms with Gasteiger partial charge in [0.25, 0.3) is 0 Å². The number of nitrogen functional groups attached to an aromatic ring is 1. The molecule has 6 heteroatoms. The van der Waals surface area contributed by atoms with Crippen LogP contribution in [0.4, 0.5) is 5.95 Å². The monoisotopic (exact) mass is 277 g/mol. The minimum absolute atomic E-state index is 0.0846. The normalized spacial score (nSPS) is 10.3. The molecule has 21 heavy (non-hydrogen) atoms. The predicted octanol–water partition coefficient (Wildman–Crippen LogP) is 2.15. The zero-order valence-corrected chi connectivity index (χ0v) is 11.2. The molecule has 0 atom stereocenters. The Labute approximate surface area is 120 Å². The summed E-state index contributed by atoms with van der Waals surface area (Å²) in [7, 11) is 1.50. The summed E-state index contributed by atoms with van der Waals surface area (Å²) >= 11 is 0. The van der Waals surface area contributed by atoms with Crippen molar-refractivity contribution in [2.45, 2.75) is 0 Å². The van der Waals surface area contributed by atoms with Crippen molar-refractivity contribution in [2.75, 3.05) is 12.8 Å². The molecule has 0 saturated heterocycles. The predicted molar refractivity (Wildman–Crippen MR) is 78.4 cm³/mol. The van der Waals surface area contributed by atoms with Gasteiger partial charge < -0.3 is 10.5 Å². The van der Waals surface area contributed by atoms with Gasteiger partial charge in [0, 0.05) is 17.0 Å². The second-order valence-electron chi connectivity index (χ2n) is 4.34. The lowest BCUT2D eigenvalue weighted by molar-refractivity contribution is 0.398. The van der Waals surface area contributed by atoms with Crippen LogP contribution in [0.5, 0.6) is 5.88 Å². The lowest BCUT2D eigenvalue weighted by Crippen LogP contribution is -2.00. The first-order valence-corrected chi connectivity index (χ1v) is 6.20. The lowest BCUT2D eigenvalue weighted by Gasteiger charge is -2.07. The van der Waals surface area contributed by atoms with E-state index in [0.717, 1.165) is 10.9 Å². The molecule has 3 rings (SSSR count). The van der Waals surface area contributed by atoms with Gasteiger partial charge in [-0.2, -0.15) is 10.2 Å². The summed E-state index contributed by atoms with van der Waals surface area (Å²) in [6, 6.07) is 13.2. The Hall–Kier alpha value is -3.20. The van der Waals surface area contributed by atoms with Crippen LogP contribution in [0, 0.1) is 11.3 Å². The van der Waals surface area contributed by atoms with Crippen molar-refractivity contribution < 1.29 is 4.74 Å². The molecule has 0 radical (unpaired) electrons. The van der Waals surface area contributed by atoms with Crippen molar-refractivity contribution in [3.63, 3.8) is 0 Å². The SMILES string of the molecule is COc1cc(-c2cc3ccccc3nc2C#N)nc(N)n1. The number of anilines is 1. The quantitative estimate of drug-likeness (QED) is 0.770. The van der Waals surface area contributed by atoms with Crippen LogP contribution < -0.4 is 10.5 Å². The van der Waals surface area contributed by atoms with Crippen LogP contribution in [0.25, 0.3) is 22.2 Å². The fourth-order valence-electron chi connectivity index (χ4n) is 2.08. The number of hydrogen-bond donors (Lipinski definition) is 1. The van der Waals surface area contributed by atoms with Gasteiger partial charge in [-0.1, -0.05) is 18.2 Å². The van der Waals surface area contributed by atoms with E-state index in [1.807, 2.05) is 30.3 Å². The van der Waals surface area contributed by atoms with Crippen LogP contribution in [0.2, 0.25) is 0 Å². The molecule has 0 unspecified atom stereocenters. The van der Waals surface area contributed by atoms with Crippen molar-refractivity contribution >= 4 is 16.9 Å². The van der Waals surface area contributed by atoms with Crippen LogP contribution in [-0.4, -0.2) is 22.1 Å². The third kappa shape index (κ3) is 2.32. The summed E-state index contributed by atoms with van der Waals surface area (Å²) in [4.78, 5) is 12.5. The Balaban J connectivity index is 2.28. The first-order valence-electron chi connectivity index (χ1n) is 6.20. The highest BCUT2D eigenvalue weighted by atomic mass is 16.5. The second-order valence-corrected chi connectivity index (χ2v) is 4.34. The molecule has 2 aromatic heterocycles. The molecule has 1 aromatic carbocycles. The van der Waals surface area contributed by atoms with Crippen LogP contribution in [-0.2, 0) is 0 Å². The molecule has 3 aromatic rings. The molecule has 6 nitrogen and oxygen atoms in total. The summed E-state index contributed by atoms with van der Waals surface area (Å²) in [5.74, 6) is 0.427. The summed E-state index contributed by atoms with van der Waals surface area (Å²) in [5, 5.41) is 10.2. The van der Waals surface area contributed by atoms with Crippen molar-refractivity contribution in [2.24, 2.45) is 0 Å². The molecule has 0 spiro atoms. The Morgan fingerprint density at radius 1 is 1.14 bits per heavy atom. The average Bonchev–Trinajstić information content (AvgIpc) is 2.52. The maximum atomic E-state index is 9.32. The summed E-state index contributed by atoms with van der Waals surface area (Å²) in [5.41, 5.74) is 7.82. The average molecular weight is 277 g/mol. The van der Waals surface area contributed by atoms with E-state index >= 15 is 0 Å². The zero-order valence-electron chi connectivity index (χ0n) is 11.2. The largest absolute Gasteiger partial charge is 0.481 e. The number of rotatable bonds is 2. The smallest absolute Gasteiger partial charge is 0.223 e. The number of nitrogens with zero attached hydrogens (tertiary/aromatic N) is 4. The maximum Gasteiger partial charge on any atom is 0.223 e. The highest BCUT2D eigenvalue weighted by Crippen LogP contribution is 2.27. The minimum atomic E-state index is 0.0846. The molecular weight excluding hydrogens is 266 g/mol. The third-order valence-corrected chi connectivity index (χ3v) is 3.03. The molecule has 2 N–H and O–H groups in total. The first-order chi connectivity index (χ1) is 10.2. The van der Waals surface area contributed by atoms with Gasteiger partial charge in [0.2, 0.25) is 11.8 Å². The van der Waals surface area contributed by atoms with E-state index in [1.54, 1.807) is 6.07 Å². The van der Waals surface area contributed by atoms with E-state index in [2.05, 4.69) is 21.0 Å². The molecule has 0 fully saturated rings. The van der Waals surface area contributed by atoms with Gasteiger partial charge in [0.15, 0.2) is 5.69 Å². The molecule has 0 aliphatic heterocycles. The van der Waals surface area contributed by atoms with Crippen molar-refractivity contribution in [1.82, 2.24) is 15.0 Å². The number of benzene rings is 1. The van der Waals surface area contributed by atoms with Crippen LogP contribution in [0.1, 0.15) is 5.69 Å². The maximum absolute atomic E-state index is 9.32. The number of pyridine rings is 1. The summed E-state index contributed by atoms with van der Waals surface area (Å²) in [6.45, 7) is 0. The van der Waals surface area contributed by atoms with Crippen molar-refractivity contribution in [1.29, 1.82) is 5.26 Å². The van der Waals surface area contributed by atoms with Gasteiger partial charge in [-0.15, -0.1) is 0 Å². The number of aromatic nitrogens is 3. The van der Waals surface area contributed by atoms with Crippen LogP contribution >= 0.6 is 0 Å². The number of methoxy groups -OCH3 is 1. The molecule has 0 saturated carbocycles. The van der Waals surface area contributed by atoms with Crippen LogP contribution in [0.15, 0.2) is 36.4 Å². The Morgan fingerprint density at radius 2 is 1.95 bits per heavy atom. The van der Waals surface area contributed by atoms with Crippen LogP contribution in [0.3, 0.4) is 0 Å². The van der Waals surface area contributed by atoms with Crippen molar-refractivity contribution in [3.05, 3.63) is 42.1 Å². The van der Waals surface area contributed by atoms with E-state index in [9.17, 15) is 5.26 Å². The number of nitrogens with two attached hydrogens (primary N) is 1. The lowest BCUT2D eigenvalue weighted by atomic mass is 10.1. The molecule has 0 aliphatic carbocycles. The number of hydrogen-bond acceptors (Lipinski definition) is 6. The van der Waals surface area contributed by atoms with Gasteiger partial charge in [0.05, 0.1) is 18.3 Å². The molecule has 0 aliphatic rings. The van der Waals surface area contributed by atoms with E-state index < -0.39 is 0 Å². The highest BCUT2D eigenvalue weighted by molar-refractivity contribution is 5.85. The summed E-state index contributed by atoms with van der Waals surface area (Å²) < 4.78 is 5.08. The fraction of sp³-hybridized carbons (Fsp3) is 0.0667. The number of para-hydroxylation sites is 1. The van der Waals surface area contributed by atoms with E-state index in [-0.39, 0.29) is 11.6 Å². The van der Waals surface area contributed by atoms with Gasteiger partial charge in [-0.25, -0.2) is 9.97 Å². The summed E-state index contributed by atoms with van der Waals surface area (Å²) in [6.07, 6.45) is 0. The number of ether oxygens (including phenoxy) is 1. The second kappa shape index (κ2) is 5.06. The topological polar surface area (TPSA) is 97.7 Å². The van der Waals surface area contributed by atoms with E-state index in [4.69, 9.17) is 10.5 Å². The Kier molecular flexibility index (Phi) is 3.09.